The van der Waals surface area contributed by atoms with Crippen molar-refractivity contribution >= 4 is 17.5 Å². The zero-order valence-electron chi connectivity index (χ0n) is 12.7. The second-order valence-electron chi connectivity index (χ2n) is 5.55. The smallest absolute Gasteiger partial charge is 0.230 e. The summed E-state index contributed by atoms with van der Waals surface area (Å²) in [6.07, 6.45) is 5.34. The molecule has 1 unspecified atom stereocenters. The molecular formula is C17H24ClNO2. The fourth-order valence-electron chi connectivity index (χ4n) is 2.91. The van der Waals surface area contributed by atoms with Gasteiger partial charge in [0, 0.05) is 19.0 Å². The van der Waals surface area contributed by atoms with Gasteiger partial charge in [0.15, 0.2) is 0 Å². The summed E-state index contributed by atoms with van der Waals surface area (Å²) in [5.74, 6) is 1.33. The Hall–Kier alpha value is -1.22. The molecule has 4 heteroatoms. The summed E-state index contributed by atoms with van der Waals surface area (Å²) in [7, 11) is 1.65. The maximum absolute atomic E-state index is 12.9. The number of amides is 1. The molecule has 1 aliphatic rings. The Kier molecular flexibility index (Phi) is 6.37. The predicted molar refractivity (Wildman–Crippen MR) is 86.1 cm³/mol. The molecule has 0 saturated carbocycles. The molecule has 21 heavy (non-hydrogen) atoms. The van der Waals surface area contributed by atoms with Gasteiger partial charge in [-0.2, -0.15) is 0 Å². The molecule has 1 fully saturated rings. The van der Waals surface area contributed by atoms with E-state index in [2.05, 4.69) is 0 Å². The van der Waals surface area contributed by atoms with Crippen molar-refractivity contribution in [3.05, 3.63) is 29.8 Å². The summed E-state index contributed by atoms with van der Waals surface area (Å²) < 4.78 is 5.27. The lowest BCUT2D eigenvalue weighted by Crippen LogP contribution is -2.36. The van der Waals surface area contributed by atoms with Gasteiger partial charge in [0.25, 0.3) is 0 Å². The molecule has 1 aromatic carbocycles. The van der Waals surface area contributed by atoms with Crippen LogP contribution in [0, 0.1) is 0 Å². The second kappa shape index (κ2) is 8.28. The van der Waals surface area contributed by atoms with E-state index in [1.54, 1.807) is 7.11 Å². The minimum absolute atomic E-state index is 0.157. The predicted octanol–water partition coefficient (Wildman–Crippen LogP) is 3.81. The van der Waals surface area contributed by atoms with E-state index >= 15 is 0 Å². The number of halogens is 1. The van der Waals surface area contributed by atoms with Gasteiger partial charge in [-0.1, -0.05) is 25.0 Å². The molecule has 0 N–H and O–H groups in total. The monoisotopic (exact) mass is 309 g/mol. The summed E-state index contributed by atoms with van der Waals surface area (Å²) in [6.45, 7) is 1.75. The minimum Gasteiger partial charge on any atom is -0.497 e. The Balaban J connectivity index is 2.18. The van der Waals surface area contributed by atoms with Gasteiger partial charge in [0.2, 0.25) is 5.91 Å². The van der Waals surface area contributed by atoms with Gasteiger partial charge >= 0.3 is 0 Å². The average Bonchev–Trinajstić information content (AvgIpc) is 2.81. The van der Waals surface area contributed by atoms with Gasteiger partial charge in [-0.05, 0) is 37.0 Å². The number of benzene rings is 1. The number of alkyl halides is 1. The fraction of sp³-hybridized carbons (Fsp3) is 0.588. The number of methoxy groups -OCH3 is 1. The molecule has 0 bridgehead atoms. The van der Waals surface area contributed by atoms with Gasteiger partial charge in [-0.15, -0.1) is 11.6 Å². The molecule has 2 rings (SSSR count). The highest BCUT2D eigenvalue weighted by atomic mass is 35.5. The second-order valence-corrected chi connectivity index (χ2v) is 5.92. The van der Waals surface area contributed by atoms with Gasteiger partial charge in [-0.3, -0.25) is 4.79 Å². The van der Waals surface area contributed by atoms with Gasteiger partial charge in [0.05, 0.1) is 13.0 Å². The summed E-state index contributed by atoms with van der Waals surface area (Å²) in [4.78, 5) is 14.9. The number of hydrogen-bond acceptors (Lipinski definition) is 2. The van der Waals surface area contributed by atoms with Gasteiger partial charge in [0.1, 0.15) is 5.75 Å². The molecular weight excluding hydrogens is 286 g/mol. The molecule has 1 saturated heterocycles. The van der Waals surface area contributed by atoms with Crippen molar-refractivity contribution in [3.63, 3.8) is 0 Å². The van der Waals surface area contributed by atoms with Crippen LogP contribution in [0.3, 0.4) is 0 Å². The molecule has 1 heterocycles. The van der Waals surface area contributed by atoms with Crippen LogP contribution in [0.4, 0.5) is 0 Å². The first-order valence-electron chi connectivity index (χ1n) is 7.75. The Morgan fingerprint density at radius 1 is 1.29 bits per heavy atom. The van der Waals surface area contributed by atoms with Crippen LogP contribution in [0.25, 0.3) is 0 Å². The van der Waals surface area contributed by atoms with E-state index in [-0.39, 0.29) is 11.8 Å². The third kappa shape index (κ3) is 4.37. The summed E-state index contributed by atoms with van der Waals surface area (Å²) >= 11 is 5.93. The number of hydrogen-bond donors (Lipinski definition) is 0. The van der Waals surface area contributed by atoms with Crippen LogP contribution in [0.15, 0.2) is 24.3 Å². The molecule has 1 aliphatic heterocycles. The Morgan fingerprint density at radius 3 is 2.62 bits per heavy atom. The van der Waals surface area contributed by atoms with E-state index in [0.717, 1.165) is 37.2 Å². The number of rotatable bonds is 5. The first-order valence-corrected chi connectivity index (χ1v) is 8.28. The average molecular weight is 310 g/mol. The number of likely N-dealkylation sites (tertiary alicyclic amines) is 1. The van der Waals surface area contributed by atoms with Crippen LogP contribution in [0.2, 0.25) is 0 Å². The number of nitrogens with zero attached hydrogens (tertiary/aromatic N) is 1. The summed E-state index contributed by atoms with van der Waals surface area (Å²) in [5, 5.41) is 0. The first-order chi connectivity index (χ1) is 10.3. The number of ether oxygens (including phenoxy) is 1. The molecule has 1 amide bonds. The largest absolute Gasteiger partial charge is 0.497 e. The molecule has 116 valence electrons. The Labute approximate surface area is 132 Å². The number of carbonyl (C=O) groups excluding carboxylic acids is 1. The Bertz CT molecular complexity index is 456. The summed E-state index contributed by atoms with van der Waals surface area (Å²) in [5.41, 5.74) is 1.00. The maximum atomic E-state index is 12.9. The fourth-order valence-corrected chi connectivity index (χ4v) is 3.13. The lowest BCUT2D eigenvalue weighted by atomic mass is 9.94. The third-order valence-corrected chi connectivity index (χ3v) is 4.33. The SMILES string of the molecule is COc1cccc(C(CCCl)C(=O)N2CCCCCC2)c1. The van der Waals surface area contributed by atoms with Crippen LogP contribution < -0.4 is 4.74 Å². The van der Waals surface area contributed by atoms with Crippen molar-refractivity contribution in [1.82, 2.24) is 4.90 Å². The van der Waals surface area contributed by atoms with E-state index in [4.69, 9.17) is 16.3 Å². The highest BCUT2D eigenvalue weighted by Gasteiger charge is 2.26. The molecule has 0 aromatic heterocycles. The maximum Gasteiger partial charge on any atom is 0.230 e. The number of carbonyl (C=O) groups is 1. The van der Waals surface area contributed by atoms with E-state index in [1.807, 2.05) is 29.2 Å². The van der Waals surface area contributed by atoms with Crippen LogP contribution in [-0.4, -0.2) is 36.9 Å². The van der Waals surface area contributed by atoms with Crippen molar-refractivity contribution in [3.8, 4) is 5.75 Å². The first kappa shape index (κ1) is 16.2. The molecule has 0 aliphatic carbocycles. The van der Waals surface area contributed by atoms with Crippen molar-refractivity contribution < 1.29 is 9.53 Å². The third-order valence-electron chi connectivity index (χ3n) is 4.11. The van der Waals surface area contributed by atoms with Crippen molar-refractivity contribution in [1.29, 1.82) is 0 Å². The van der Waals surface area contributed by atoms with Crippen LogP contribution >= 0.6 is 11.6 Å². The molecule has 1 aromatic rings. The lowest BCUT2D eigenvalue weighted by molar-refractivity contribution is -0.132. The Morgan fingerprint density at radius 2 is 2.00 bits per heavy atom. The highest BCUT2D eigenvalue weighted by molar-refractivity contribution is 6.18. The molecule has 3 nitrogen and oxygen atoms in total. The quantitative estimate of drug-likeness (QED) is 0.774. The van der Waals surface area contributed by atoms with Crippen molar-refractivity contribution in [2.45, 2.75) is 38.0 Å². The normalized spacial score (nSPS) is 17.1. The van der Waals surface area contributed by atoms with Crippen LogP contribution in [0.5, 0.6) is 5.75 Å². The molecule has 0 radical (unpaired) electrons. The van der Waals surface area contributed by atoms with Crippen molar-refractivity contribution in [2.24, 2.45) is 0 Å². The standard InChI is InChI=1S/C17H24ClNO2/c1-21-15-8-6-7-14(13-15)16(9-10-18)17(20)19-11-4-2-3-5-12-19/h6-8,13,16H,2-5,9-12H2,1H3. The molecule has 1 atom stereocenters. The van der Waals surface area contributed by atoms with E-state index in [9.17, 15) is 4.79 Å². The lowest BCUT2D eigenvalue weighted by Gasteiger charge is -2.26. The zero-order chi connectivity index (χ0) is 15.1. The summed E-state index contributed by atoms with van der Waals surface area (Å²) in [6, 6.07) is 7.78. The zero-order valence-corrected chi connectivity index (χ0v) is 13.4. The van der Waals surface area contributed by atoms with E-state index in [0.29, 0.717) is 12.3 Å². The van der Waals surface area contributed by atoms with E-state index < -0.39 is 0 Å². The van der Waals surface area contributed by atoms with Crippen LogP contribution in [0.1, 0.15) is 43.6 Å². The highest BCUT2D eigenvalue weighted by Crippen LogP contribution is 2.27. The van der Waals surface area contributed by atoms with Crippen LogP contribution in [-0.2, 0) is 4.79 Å². The van der Waals surface area contributed by atoms with Gasteiger partial charge < -0.3 is 9.64 Å². The topological polar surface area (TPSA) is 29.5 Å². The molecule has 0 spiro atoms. The van der Waals surface area contributed by atoms with E-state index in [1.165, 1.54) is 12.8 Å². The van der Waals surface area contributed by atoms with Gasteiger partial charge in [-0.25, -0.2) is 0 Å². The van der Waals surface area contributed by atoms with Crippen molar-refractivity contribution in [2.75, 3.05) is 26.1 Å². The minimum atomic E-state index is -0.157.